The predicted octanol–water partition coefficient (Wildman–Crippen LogP) is 3.21. The maximum Gasteiger partial charge on any atom is 0.416 e. The van der Waals surface area contributed by atoms with E-state index in [1.807, 2.05) is 0 Å². The number of anilines is 2. The number of hydrogen-bond acceptors (Lipinski definition) is 5. The van der Waals surface area contributed by atoms with Crippen LogP contribution in [-0.2, 0) is 12.7 Å². The average molecular weight is 288 g/mol. The summed E-state index contributed by atoms with van der Waals surface area (Å²) >= 11 is 1.42. The molecule has 102 valence electrons. The quantitative estimate of drug-likeness (QED) is 0.907. The zero-order valence-electron chi connectivity index (χ0n) is 9.95. The normalized spacial score (nSPS) is 11.4. The second kappa shape index (κ2) is 5.43. The molecule has 0 atom stereocenters. The Morgan fingerprint density at radius 2 is 2.00 bits per heavy atom. The number of nitrogens with zero attached hydrogens (tertiary/aromatic N) is 2. The molecule has 0 fully saturated rings. The van der Waals surface area contributed by atoms with Crippen LogP contribution in [0.3, 0.4) is 0 Å². The van der Waals surface area contributed by atoms with Crippen LogP contribution >= 0.6 is 11.3 Å². The molecule has 2 aromatic heterocycles. The summed E-state index contributed by atoms with van der Waals surface area (Å²) in [5.74, 6) is 0.342. The third-order valence-electron chi connectivity index (χ3n) is 2.34. The first-order valence-corrected chi connectivity index (χ1v) is 6.25. The topological polar surface area (TPSA) is 49.8 Å². The molecular weight excluding hydrogens is 277 g/mol. The average Bonchev–Trinajstić information content (AvgIpc) is 2.88. The highest BCUT2D eigenvalue weighted by atomic mass is 32.1. The Morgan fingerprint density at radius 3 is 2.58 bits per heavy atom. The highest BCUT2D eigenvalue weighted by molar-refractivity contribution is 7.09. The van der Waals surface area contributed by atoms with Crippen LogP contribution in [0.5, 0.6) is 0 Å². The van der Waals surface area contributed by atoms with Crippen LogP contribution in [0.15, 0.2) is 23.8 Å². The molecule has 8 heteroatoms. The molecule has 0 amide bonds. The summed E-state index contributed by atoms with van der Waals surface area (Å²) in [6, 6.07) is 1.96. The van der Waals surface area contributed by atoms with Gasteiger partial charge in [0.05, 0.1) is 17.6 Å². The van der Waals surface area contributed by atoms with E-state index in [9.17, 15) is 13.2 Å². The summed E-state index contributed by atoms with van der Waals surface area (Å²) in [5.41, 5.74) is 0.925. The van der Waals surface area contributed by atoms with E-state index in [2.05, 4.69) is 20.6 Å². The van der Waals surface area contributed by atoms with Gasteiger partial charge in [0.1, 0.15) is 11.6 Å². The number of aromatic nitrogens is 2. The number of hydrogen-bond donors (Lipinski definition) is 2. The lowest BCUT2D eigenvalue weighted by Crippen LogP contribution is -2.09. The lowest BCUT2D eigenvalue weighted by molar-refractivity contribution is -0.137. The first-order chi connectivity index (χ1) is 8.99. The van der Waals surface area contributed by atoms with Crippen LogP contribution in [0.2, 0.25) is 0 Å². The van der Waals surface area contributed by atoms with Gasteiger partial charge in [0, 0.05) is 18.1 Å². The number of rotatable bonds is 4. The minimum Gasteiger partial charge on any atom is -0.373 e. The SMILES string of the molecule is CNc1cc(C(F)(F)F)cc(NCc2cncs2)n1. The molecule has 0 aliphatic rings. The van der Waals surface area contributed by atoms with Crippen molar-refractivity contribution in [2.45, 2.75) is 12.7 Å². The molecule has 0 saturated heterocycles. The molecular formula is C11H11F3N4S. The molecule has 19 heavy (non-hydrogen) atoms. The Hall–Kier alpha value is -1.83. The summed E-state index contributed by atoms with van der Waals surface area (Å²) in [6.07, 6.45) is -2.74. The van der Waals surface area contributed by atoms with E-state index < -0.39 is 11.7 Å². The van der Waals surface area contributed by atoms with Gasteiger partial charge in [0.25, 0.3) is 0 Å². The molecule has 2 rings (SSSR count). The molecule has 2 heterocycles. The molecule has 0 aromatic carbocycles. The van der Waals surface area contributed by atoms with Crippen molar-refractivity contribution in [2.24, 2.45) is 0 Å². The zero-order valence-corrected chi connectivity index (χ0v) is 10.8. The van der Waals surface area contributed by atoms with E-state index in [1.54, 1.807) is 11.7 Å². The zero-order chi connectivity index (χ0) is 13.9. The van der Waals surface area contributed by atoms with Crippen molar-refractivity contribution in [1.82, 2.24) is 9.97 Å². The Kier molecular flexibility index (Phi) is 3.89. The molecule has 0 aliphatic carbocycles. The molecule has 2 aromatic rings. The van der Waals surface area contributed by atoms with Gasteiger partial charge in [0.2, 0.25) is 0 Å². The highest BCUT2D eigenvalue weighted by Gasteiger charge is 2.31. The second-order valence-corrected chi connectivity index (χ2v) is 4.67. The summed E-state index contributed by atoms with van der Waals surface area (Å²) in [7, 11) is 1.52. The molecule has 0 saturated carbocycles. The van der Waals surface area contributed by atoms with E-state index in [1.165, 1.54) is 18.4 Å². The van der Waals surface area contributed by atoms with Gasteiger partial charge >= 0.3 is 6.18 Å². The molecule has 0 radical (unpaired) electrons. The van der Waals surface area contributed by atoms with Crippen molar-refractivity contribution in [2.75, 3.05) is 17.7 Å². The van der Waals surface area contributed by atoms with Gasteiger partial charge in [-0.3, -0.25) is 4.98 Å². The van der Waals surface area contributed by atoms with Gasteiger partial charge in [0.15, 0.2) is 0 Å². The number of thiazole rings is 1. The molecule has 0 spiro atoms. The molecule has 0 unspecified atom stereocenters. The Morgan fingerprint density at radius 1 is 1.26 bits per heavy atom. The van der Waals surface area contributed by atoms with Crippen LogP contribution in [0, 0.1) is 0 Å². The minimum absolute atomic E-state index is 0.168. The van der Waals surface area contributed by atoms with Gasteiger partial charge in [-0.15, -0.1) is 11.3 Å². The van der Waals surface area contributed by atoms with Crippen LogP contribution in [0.25, 0.3) is 0 Å². The Labute approximate surface area is 111 Å². The van der Waals surface area contributed by atoms with Crippen LogP contribution in [0.1, 0.15) is 10.4 Å². The van der Waals surface area contributed by atoms with Gasteiger partial charge in [-0.05, 0) is 12.1 Å². The summed E-state index contributed by atoms with van der Waals surface area (Å²) in [5, 5.41) is 5.47. The van der Waals surface area contributed by atoms with Crippen LogP contribution < -0.4 is 10.6 Å². The Bertz CT molecular complexity index is 539. The maximum atomic E-state index is 12.7. The third kappa shape index (κ3) is 3.57. The van der Waals surface area contributed by atoms with Gasteiger partial charge in [-0.2, -0.15) is 13.2 Å². The summed E-state index contributed by atoms with van der Waals surface area (Å²) < 4.78 is 38.1. The first-order valence-electron chi connectivity index (χ1n) is 5.37. The number of nitrogens with one attached hydrogen (secondary N) is 2. The van der Waals surface area contributed by atoms with E-state index in [0.717, 1.165) is 17.0 Å². The van der Waals surface area contributed by atoms with Crippen molar-refractivity contribution in [3.63, 3.8) is 0 Å². The number of halogens is 3. The van der Waals surface area contributed by atoms with Crippen molar-refractivity contribution in [3.8, 4) is 0 Å². The first kappa shape index (κ1) is 13.6. The summed E-state index contributed by atoms with van der Waals surface area (Å²) in [6.45, 7) is 0.391. The molecule has 2 N–H and O–H groups in total. The van der Waals surface area contributed by atoms with E-state index in [4.69, 9.17) is 0 Å². The van der Waals surface area contributed by atoms with Crippen molar-refractivity contribution >= 4 is 23.0 Å². The standard InChI is InChI=1S/C11H11F3N4S/c1-15-9-2-7(11(12,13)14)3-10(18-9)17-5-8-4-16-6-19-8/h2-4,6H,5H2,1H3,(H2,15,17,18). The second-order valence-electron chi connectivity index (χ2n) is 3.70. The fraction of sp³-hybridized carbons (Fsp3) is 0.273. The number of alkyl halides is 3. The monoisotopic (exact) mass is 288 g/mol. The van der Waals surface area contributed by atoms with E-state index in [0.29, 0.717) is 6.54 Å². The summed E-state index contributed by atoms with van der Waals surface area (Å²) in [4.78, 5) is 8.84. The number of pyridine rings is 1. The smallest absolute Gasteiger partial charge is 0.373 e. The van der Waals surface area contributed by atoms with Gasteiger partial charge in [-0.1, -0.05) is 0 Å². The van der Waals surface area contributed by atoms with Crippen LogP contribution in [-0.4, -0.2) is 17.0 Å². The molecule has 0 aliphatic heterocycles. The predicted molar refractivity (Wildman–Crippen MR) is 68.2 cm³/mol. The van der Waals surface area contributed by atoms with E-state index in [-0.39, 0.29) is 11.6 Å². The molecule has 0 bridgehead atoms. The fourth-order valence-electron chi connectivity index (χ4n) is 1.42. The van der Waals surface area contributed by atoms with E-state index >= 15 is 0 Å². The highest BCUT2D eigenvalue weighted by Crippen LogP contribution is 2.32. The largest absolute Gasteiger partial charge is 0.416 e. The maximum absolute atomic E-state index is 12.7. The Balaban J connectivity index is 2.19. The molecule has 4 nitrogen and oxygen atoms in total. The van der Waals surface area contributed by atoms with Gasteiger partial charge < -0.3 is 10.6 Å². The van der Waals surface area contributed by atoms with Crippen molar-refractivity contribution in [3.05, 3.63) is 34.3 Å². The van der Waals surface area contributed by atoms with Crippen molar-refractivity contribution < 1.29 is 13.2 Å². The lowest BCUT2D eigenvalue weighted by Gasteiger charge is -2.12. The van der Waals surface area contributed by atoms with Crippen molar-refractivity contribution in [1.29, 1.82) is 0 Å². The lowest BCUT2D eigenvalue weighted by atomic mass is 10.2. The fourth-order valence-corrected chi connectivity index (χ4v) is 1.95. The minimum atomic E-state index is -4.39. The van der Waals surface area contributed by atoms with Crippen LogP contribution in [0.4, 0.5) is 24.8 Å². The third-order valence-corrected chi connectivity index (χ3v) is 3.12. The van der Waals surface area contributed by atoms with Gasteiger partial charge in [-0.25, -0.2) is 4.98 Å².